The molecule has 4 heteroatoms. The molecule has 0 fully saturated rings. The summed E-state index contributed by atoms with van der Waals surface area (Å²) in [6.45, 7) is 3.84. The van der Waals surface area contributed by atoms with Gasteiger partial charge in [-0.15, -0.1) is 0 Å². The summed E-state index contributed by atoms with van der Waals surface area (Å²) in [5.41, 5.74) is -0.381. The van der Waals surface area contributed by atoms with Crippen molar-refractivity contribution in [3.05, 3.63) is 60.2 Å². The van der Waals surface area contributed by atoms with E-state index in [1.54, 1.807) is 26.0 Å². The highest BCUT2D eigenvalue weighted by Gasteiger charge is 2.45. The van der Waals surface area contributed by atoms with Crippen LogP contribution in [0.5, 0.6) is 0 Å². The molecule has 0 bridgehead atoms. The van der Waals surface area contributed by atoms with Crippen LogP contribution in [0, 0.1) is 5.41 Å². The van der Waals surface area contributed by atoms with Gasteiger partial charge in [-0.05, 0) is 19.4 Å². The lowest BCUT2D eigenvalue weighted by Gasteiger charge is -2.26. The monoisotopic (exact) mass is 300 g/mol. The molecular weight excluding hydrogens is 280 g/mol. The highest BCUT2D eigenvalue weighted by Crippen LogP contribution is 2.34. The van der Waals surface area contributed by atoms with Crippen molar-refractivity contribution < 1.29 is 19.1 Å². The Morgan fingerprint density at radius 1 is 0.955 bits per heavy atom. The van der Waals surface area contributed by atoms with E-state index < -0.39 is 17.4 Å². The second-order valence-electron chi connectivity index (χ2n) is 4.96. The largest absolute Gasteiger partial charge is 0.465 e. The maximum absolute atomic E-state index is 12.3. The number of carbonyl (C=O) groups is 2. The third-order valence-electron chi connectivity index (χ3n) is 3.54. The summed E-state index contributed by atoms with van der Waals surface area (Å²) in [5, 5.41) is 0. The Kier molecular flexibility index (Phi) is 5.15. The first kappa shape index (κ1) is 16.0. The van der Waals surface area contributed by atoms with E-state index in [1.807, 2.05) is 42.5 Å². The smallest absolute Gasteiger partial charge is 0.331 e. The molecule has 0 unspecified atom stereocenters. The van der Waals surface area contributed by atoms with Crippen molar-refractivity contribution in [3.63, 3.8) is 0 Å². The molecule has 0 radical (unpaired) electrons. The van der Waals surface area contributed by atoms with Crippen LogP contribution in [0.15, 0.2) is 54.6 Å². The van der Waals surface area contributed by atoms with Gasteiger partial charge in [0.05, 0.1) is 13.2 Å². The molecule has 0 amide bonds. The molecule has 0 saturated heterocycles. The van der Waals surface area contributed by atoms with E-state index in [4.69, 9.17) is 9.47 Å². The first-order valence-electron chi connectivity index (χ1n) is 7.42. The fourth-order valence-electron chi connectivity index (χ4n) is 2.38. The zero-order valence-corrected chi connectivity index (χ0v) is 12.8. The normalized spacial score (nSPS) is 16.3. The van der Waals surface area contributed by atoms with Crippen LogP contribution in [0.4, 0.5) is 0 Å². The van der Waals surface area contributed by atoms with E-state index in [0.29, 0.717) is 0 Å². The molecule has 1 aliphatic carbocycles. The minimum atomic E-state index is -1.47. The molecule has 0 saturated carbocycles. The Labute approximate surface area is 130 Å². The maximum Gasteiger partial charge on any atom is 0.331 e. The van der Waals surface area contributed by atoms with E-state index in [0.717, 1.165) is 5.56 Å². The summed E-state index contributed by atoms with van der Waals surface area (Å²) in [5.74, 6) is -1.18. The van der Waals surface area contributed by atoms with Gasteiger partial charge in [-0.2, -0.15) is 0 Å². The van der Waals surface area contributed by atoms with Crippen LogP contribution in [0.2, 0.25) is 0 Å². The van der Waals surface area contributed by atoms with Crippen LogP contribution in [0.3, 0.4) is 0 Å². The lowest BCUT2D eigenvalue weighted by atomic mass is 9.80. The molecule has 116 valence electrons. The van der Waals surface area contributed by atoms with Gasteiger partial charge in [-0.25, -0.2) is 0 Å². The van der Waals surface area contributed by atoms with Crippen molar-refractivity contribution in [2.45, 2.75) is 19.8 Å². The average Bonchev–Trinajstić information content (AvgIpc) is 2.56. The molecule has 0 aromatic heterocycles. The van der Waals surface area contributed by atoms with Crippen molar-refractivity contribution in [2.24, 2.45) is 5.41 Å². The number of esters is 2. The summed E-state index contributed by atoms with van der Waals surface area (Å²) in [4.78, 5) is 24.5. The van der Waals surface area contributed by atoms with Crippen LogP contribution in [0.25, 0.3) is 0 Å². The Morgan fingerprint density at radius 2 is 1.45 bits per heavy atom. The molecule has 1 aliphatic rings. The highest BCUT2D eigenvalue weighted by atomic mass is 16.6. The highest BCUT2D eigenvalue weighted by molar-refractivity contribution is 6.05. The van der Waals surface area contributed by atoms with Gasteiger partial charge in [0.2, 0.25) is 5.41 Å². The lowest BCUT2D eigenvalue weighted by molar-refractivity contribution is -0.164. The molecule has 2 rings (SSSR count). The second-order valence-corrected chi connectivity index (χ2v) is 4.96. The number of hydrogen-bond acceptors (Lipinski definition) is 4. The third-order valence-corrected chi connectivity index (χ3v) is 3.54. The lowest BCUT2D eigenvalue weighted by Crippen LogP contribution is -2.40. The number of rotatable bonds is 5. The molecule has 22 heavy (non-hydrogen) atoms. The number of hydrogen-bond donors (Lipinski definition) is 0. The molecule has 0 spiro atoms. The SMILES string of the molecule is CCOC(=O)C1(C(=O)OCC)C=CC(c2ccccc2)C=C1. The van der Waals surface area contributed by atoms with E-state index in [-0.39, 0.29) is 19.1 Å². The van der Waals surface area contributed by atoms with E-state index in [2.05, 4.69) is 0 Å². The van der Waals surface area contributed by atoms with Crippen molar-refractivity contribution >= 4 is 11.9 Å². The van der Waals surface area contributed by atoms with Gasteiger partial charge >= 0.3 is 11.9 Å². The first-order chi connectivity index (χ1) is 10.6. The number of ether oxygens (including phenoxy) is 2. The van der Waals surface area contributed by atoms with Crippen LogP contribution in [0.1, 0.15) is 25.3 Å². The van der Waals surface area contributed by atoms with Crippen molar-refractivity contribution in [1.29, 1.82) is 0 Å². The minimum absolute atomic E-state index is 0.0261. The molecule has 0 aliphatic heterocycles. The molecule has 1 aromatic rings. The van der Waals surface area contributed by atoms with Crippen molar-refractivity contribution in [1.82, 2.24) is 0 Å². The van der Waals surface area contributed by atoms with Gasteiger partial charge < -0.3 is 9.47 Å². The Hall–Kier alpha value is -2.36. The average molecular weight is 300 g/mol. The van der Waals surface area contributed by atoms with E-state index in [9.17, 15) is 9.59 Å². The predicted octanol–water partition coefficient (Wildman–Crippen LogP) is 3.01. The van der Waals surface area contributed by atoms with Gasteiger partial charge in [0.1, 0.15) is 0 Å². The van der Waals surface area contributed by atoms with Crippen LogP contribution in [-0.4, -0.2) is 25.2 Å². The number of carbonyl (C=O) groups excluding carboxylic acids is 2. The summed E-state index contributed by atoms with van der Waals surface area (Å²) >= 11 is 0. The molecule has 1 aromatic carbocycles. The molecule has 0 heterocycles. The summed E-state index contributed by atoms with van der Waals surface area (Å²) < 4.78 is 10.1. The van der Waals surface area contributed by atoms with Crippen LogP contribution in [-0.2, 0) is 19.1 Å². The topological polar surface area (TPSA) is 52.6 Å². The molecular formula is C18H20O4. The first-order valence-corrected chi connectivity index (χ1v) is 7.42. The van der Waals surface area contributed by atoms with Crippen molar-refractivity contribution in [3.8, 4) is 0 Å². The fraction of sp³-hybridized carbons (Fsp3) is 0.333. The molecule has 4 nitrogen and oxygen atoms in total. The van der Waals surface area contributed by atoms with Gasteiger partial charge in [0.15, 0.2) is 0 Å². The molecule has 0 atom stereocenters. The quantitative estimate of drug-likeness (QED) is 0.476. The second kappa shape index (κ2) is 7.07. The Balaban J connectivity index is 2.29. The summed E-state index contributed by atoms with van der Waals surface area (Å²) in [7, 11) is 0. The summed E-state index contributed by atoms with van der Waals surface area (Å²) in [6, 6.07) is 9.86. The van der Waals surface area contributed by atoms with Crippen LogP contribution >= 0.6 is 0 Å². The van der Waals surface area contributed by atoms with Gasteiger partial charge in [-0.1, -0.05) is 54.6 Å². The Bertz CT molecular complexity index is 552. The van der Waals surface area contributed by atoms with Crippen LogP contribution < -0.4 is 0 Å². The van der Waals surface area contributed by atoms with E-state index >= 15 is 0 Å². The number of benzene rings is 1. The third kappa shape index (κ3) is 3.11. The zero-order chi connectivity index (χ0) is 16.0. The van der Waals surface area contributed by atoms with Gasteiger partial charge in [0.25, 0.3) is 0 Å². The minimum Gasteiger partial charge on any atom is -0.465 e. The van der Waals surface area contributed by atoms with E-state index in [1.165, 1.54) is 0 Å². The molecule has 0 N–H and O–H groups in total. The van der Waals surface area contributed by atoms with Gasteiger partial charge in [-0.3, -0.25) is 9.59 Å². The summed E-state index contributed by atoms with van der Waals surface area (Å²) in [6.07, 6.45) is 6.84. The Morgan fingerprint density at radius 3 is 1.91 bits per heavy atom. The maximum atomic E-state index is 12.3. The number of allylic oxidation sites excluding steroid dienone is 2. The predicted molar refractivity (Wildman–Crippen MR) is 83.2 cm³/mol. The van der Waals surface area contributed by atoms with Gasteiger partial charge in [0, 0.05) is 5.92 Å². The zero-order valence-electron chi connectivity index (χ0n) is 12.8. The standard InChI is InChI=1S/C18H20O4/c1-3-21-16(19)18(17(20)22-4-2)12-10-15(11-13-18)14-8-6-5-7-9-14/h5-13,15H,3-4H2,1-2H3. The fourth-order valence-corrected chi connectivity index (χ4v) is 2.38. The van der Waals surface area contributed by atoms with Crippen molar-refractivity contribution in [2.75, 3.05) is 13.2 Å².